The van der Waals surface area contributed by atoms with Crippen LogP contribution in [-0.2, 0) is 0 Å². The number of nitrogens with zero attached hydrogens (tertiary/aromatic N) is 2. The van der Waals surface area contributed by atoms with Crippen LogP contribution in [0.4, 0.5) is 28.4 Å². The Hall–Kier alpha value is -6.06. The molecule has 0 unspecified atom stereocenters. The molecule has 0 saturated heterocycles. The number of anilines is 5. The second kappa shape index (κ2) is 10.2. The zero-order valence-electron chi connectivity index (χ0n) is 25.7. The average Bonchev–Trinajstić information content (AvgIpc) is 3.15. The van der Waals surface area contributed by atoms with Crippen molar-refractivity contribution in [3.63, 3.8) is 0 Å². The van der Waals surface area contributed by atoms with Crippen LogP contribution >= 0.6 is 0 Å². The van der Waals surface area contributed by atoms with E-state index in [1.807, 2.05) is 0 Å². The molecule has 3 heteroatoms. The molecule has 2 aliphatic heterocycles. The minimum Gasteiger partial charge on any atom is -0.376 e. The van der Waals surface area contributed by atoms with Crippen molar-refractivity contribution in [2.45, 2.75) is 0 Å². The van der Waals surface area contributed by atoms with Crippen LogP contribution < -0.4 is 20.6 Å². The van der Waals surface area contributed by atoms with Gasteiger partial charge in [-0.2, -0.15) is 0 Å². The number of hydrogen-bond donors (Lipinski definition) is 0. The molecule has 0 radical (unpaired) electrons. The minimum atomic E-state index is -0.00971. The first-order chi connectivity index (χ1) is 23.4. The maximum absolute atomic E-state index is 2.60. The number of hydrogen-bond acceptors (Lipinski definition) is 2. The molecule has 0 spiro atoms. The predicted molar refractivity (Wildman–Crippen MR) is 201 cm³/mol. The number of rotatable bonds is 3. The highest BCUT2D eigenvalue weighted by Crippen LogP contribution is 2.50. The van der Waals surface area contributed by atoms with Gasteiger partial charge in [0, 0.05) is 44.6 Å². The normalized spacial score (nSPS) is 13.0. The van der Waals surface area contributed by atoms with Gasteiger partial charge >= 0.3 is 6.85 Å². The number of para-hydroxylation sites is 2. The number of fused-ring (bicyclic) bond motifs is 6. The van der Waals surface area contributed by atoms with Gasteiger partial charge < -0.3 is 9.71 Å². The fourth-order valence-corrected chi connectivity index (χ4v) is 8.07. The van der Waals surface area contributed by atoms with Gasteiger partial charge in [-0.3, -0.25) is 0 Å². The largest absolute Gasteiger partial charge is 0.376 e. The summed E-state index contributed by atoms with van der Waals surface area (Å²) in [5.41, 5.74) is 13.7. The van der Waals surface area contributed by atoms with Crippen LogP contribution in [0.25, 0.3) is 43.8 Å². The SMILES string of the molecule is c1ccc(-c2ccc3ccccc3c2N2c3ccccc3B3c4c(cccc42)-c2ccccc2N3c2cccc3ccccc23)cc1. The lowest BCUT2D eigenvalue weighted by Crippen LogP contribution is -2.61. The molecule has 0 amide bonds. The highest BCUT2D eigenvalue weighted by atomic mass is 15.2. The van der Waals surface area contributed by atoms with Crippen molar-refractivity contribution in [3.05, 3.63) is 176 Å². The van der Waals surface area contributed by atoms with E-state index < -0.39 is 0 Å². The van der Waals surface area contributed by atoms with Crippen molar-refractivity contribution >= 4 is 67.8 Å². The summed E-state index contributed by atoms with van der Waals surface area (Å²) in [6, 6.07) is 64.5. The second-order valence-corrected chi connectivity index (χ2v) is 12.5. The van der Waals surface area contributed by atoms with E-state index in [0.29, 0.717) is 0 Å². The van der Waals surface area contributed by atoms with Crippen molar-refractivity contribution in [1.82, 2.24) is 0 Å². The first-order valence-corrected chi connectivity index (χ1v) is 16.3. The van der Waals surface area contributed by atoms with Crippen molar-refractivity contribution in [1.29, 1.82) is 0 Å². The average molecular weight is 597 g/mol. The van der Waals surface area contributed by atoms with Gasteiger partial charge in [-0.1, -0.05) is 152 Å². The monoisotopic (exact) mass is 596 g/mol. The fraction of sp³-hybridized carbons (Fsp3) is 0. The van der Waals surface area contributed by atoms with Gasteiger partial charge in [0.05, 0.1) is 5.69 Å². The highest BCUT2D eigenvalue weighted by Gasteiger charge is 2.45. The van der Waals surface area contributed by atoms with Gasteiger partial charge in [0.25, 0.3) is 0 Å². The van der Waals surface area contributed by atoms with Gasteiger partial charge in [0.1, 0.15) is 0 Å². The van der Waals surface area contributed by atoms with Crippen molar-refractivity contribution in [3.8, 4) is 22.3 Å². The van der Waals surface area contributed by atoms with Gasteiger partial charge in [0.2, 0.25) is 0 Å². The Morgan fingerprint density at radius 1 is 0.362 bits per heavy atom. The first kappa shape index (κ1) is 26.2. The lowest BCUT2D eigenvalue weighted by atomic mass is 9.43. The molecule has 0 N–H and O–H groups in total. The van der Waals surface area contributed by atoms with E-state index in [1.165, 1.54) is 83.2 Å². The van der Waals surface area contributed by atoms with Gasteiger partial charge in [-0.05, 0) is 57.1 Å². The topological polar surface area (TPSA) is 6.48 Å². The highest BCUT2D eigenvalue weighted by molar-refractivity contribution is 6.93. The Balaban J connectivity index is 1.33. The van der Waals surface area contributed by atoms with Crippen LogP contribution in [0.2, 0.25) is 0 Å². The molecular formula is C44H29BN2. The summed E-state index contributed by atoms with van der Waals surface area (Å²) in [6.45, 7) is -0.00971. The molecule has 8 aromatic carbocycles. The van der Waals surface area contributed by atoms with Gasteiger partial charge in [-0.25, -0.2) is 0 Å². The lowest BCUT2D eigenvalue weighted by molar-refractivity contribution is 1.28. The molecule has 2 nitrogen and oxygen atoms in total. The summed E-state index contributed by atoms with van der Waals surface area (Å²) >= 11 is 0. The molecule has 0 aliphatic carbocycles. The molecule has 47 heavy (non-hydrogen) atoms. The van der Waals surface area contributed by atoms with Crippen molar-refractivity contribution < 1.29 is 0 Å². The molecule has 0 aromatic heterocycles. The van der Waals surface area contributed by atoms with Crippen molar-refractivity contribution in [2.24, 2.45) is 0 Å². The molecule has 0 atom stereocenters. The van der Waals surface area contributed by atoms with E-state index >= 15 is 0 Å². The van der Waals surface area contributed by atoms with E-state index in [2.05, 4.69) is 186 Å². The summed E-state index contributed by atoms with van der Waals surface area (Å²) in [4.78, 5) is 5.14. The third kappa shape index (κ3) is 3.80. The smallest absolute Gasteiger partial charge is 0.333 e. The first-order valence-electron chi connectivity index (χ1n) is 16.3. The predicted octanol–water partition coefficient (Wildman–Crippen LogP) is 10.4. The summed E-state index contributed by atoms with van der Waals surface area (Å²) < 4.78 is 0. The zero-order chi connectivity index (χ0) is 30.9. The summed E-state index contributed by atoms with van der Waals surface area (Å²) in [7, 11) is 0. The Morgan fingerprint density at radius 2 is 0.957 bits per heavy atom. The quantitative estimate of drug-likeness (QED) is 0.187. The second-order valence-electron chi connectivity index (χ2n) is 12.5. The molecule has 10 rings (SSSR count). The Morgan fingerprint density at radius 3 is 1.83 bits per heavy atom. The van der Waals surface area contributed by atoms with E-state index in [0.717, 1.165) is 0 Å². The van der Waals surface area contributed by atoms with Crippen LogP contribution in [0.3, 0.4) is 0 Å². The fourth-order valence-electron chi connectivity index (χ4n) is 8.07. The molecule has 218 valence electrons. The van der Waals surface area contributed by atoms with Crippen LogP contribution in [-0.4, -0.2) is 6.85 Å². The van der Waals surface area contributed by atoms with E-state index in [9.17, 15) is 0 Å². The third-order valence-corrected chi connectivity index (χ3v) is 10.0. The maximum atomic E-state index is 2.60. The van der Waals surface area contributed by atoms with Gasteiger partial charge in [-0.15, -0.1) is 0 Å². The molecule has 0 saturated carbocycles. The molecule has 2 heterocycles. The lowest BCUT2D eigenvalue weighted by Gasteiger charge is -2.46. The van der Waals surface area contributed by atoms with Crippen LogP contribution in [0, 0.1) is 0 Å². The van der Waals surface area contributed by atoms with Crippen LogP contribution in [0.15, 0.2) is 176 Å². The maximum Gasteiger partial charge on any atom is 0.333 e. The standard InChI is InChI=1S/C44H29BN2/c1-2-14-31(15-3-1)35-29-28-32-17-5-7-20-34(32)44(35)46-41-25-11-9-23-38(41)45-43-37(22-13-27-42(43)46)36-21-8-10-24-40(36)47(45)39-26-12-18-30-16-4-6-19-33(30)39/h1-29H. The summed E-state index contributed by atoms with van der Waals surface area (Å²) in [6.07, 6.45) is 0. The van der Waals surface area contributed by atoms with Gasteiger partial charge in [0.15, 0.2) is 0 Å². The van der Waals surface area contributed by atoms with Crippen LogP contribution in [0.5, 0.6) is 0 Å². The molecule has 8 aromatic rings. The van der Waals surface area contributed by atoms with E-state index in [-0.39, 0.29) is 6.85 Å². The third-order valence-electron chi connectivity index (χ3n) is 10.0. The summed E-state index contributed by atoms with van der Waals surface area (Å²) in [5.74, 6) is 0. The Labute approximate surface area is 274 Å². The van der Waals surface area contributed by atoms with E-state index in [4.69, 9.17) is 0 Å². The Bertz CT molecular complexity index is 2500. The van der Waals surface area contributed by atoms with Crippen LogP contribution in [0.1, 0.15) is 0 Å². The summed E-state index contributed by atoms with van der Waals surface area (Å²) in [5, 5.41) is 4.97. The molecule has 0 fully saturated rings. The number of benzene rings is 8. The molecule has 0 bridgehead atoms. The zero-order valence-corrected chi connectivity index (χ0v) is 25.7. The Kier molecular flexibility index (Phi) is 5.70. The van der Waals surface area contributed by atoms with Crippen molar-refractivity contribution in [2.75, 3.05) is 9.71 Å². The van der Waals surface area contributed by atoms with E-state index in [1.54, 1.807) is 0 Å². The molecule has 2 aliphatic rings. The minimum absolute atomic E-state index is 0.00971. The molecular weight excluding hydrogens is 567 g/mol.